The Bertz CT molecular complexity index is 968. The lowest BCUT2D eigenvalue weighted by atomic mass is 9.99. The molecule has 2 rings (SSSR count). The summed E-state index contributed by atoms with van der Waals surface area (Å²) in [5.74, 6) is -2.70. The quantitative estimate of drug-likeness (QED) is 0.336. The number of nitrogens with one attached hydrogen (secondary N) is 1. The van der Waals surface area contributed by atoms with E-state index in [2.05, 4.69) is 5.32 Å². The molecule has 0 unspecified atom stereocenters. The van der Waals surface area contributed by atoms with Crippen molar-refractivity contribution in [1.82, 2.24) is 5.32 Å². The normalized spacial score (nSPS) is 12.8. The molecule has 0 fully saturated rings. The van der Waals surface area contributed by atoms with Crippen LogP contribution in [0, 0.1) is 5.92 Å². The van der Waals surface area contributed by atoms with E-state index in [1.54, 1.807) is 18.2 Å². The molecule has 8 nitrogen and oxygen atoms in total. The van der Waals surface area contributed by atoms with Crippen LogP contribution >= 0.6 is 11.3 Å². The third kappa shape index (κ3) is 4.96. The summed E-state index contributed by atoms with van der Waals surface area (Å²) in [7, 11) is 1.26. The molecule has 9 heteroatoms. The fraction of sp³-hybridized carbons (Fsp3) is 0.429. The van der Waals surface area contributed by atoms with Crippen LogP contribution < -0.4 is 15.8 Å². The van der Waals surface area contributed by atoms with E-state index in [9.17, 15) is 19.2 Å². The van der Waals surface area contributed by atoms with Crippen molar-refractivity contribution in [2.24, 2.45) is 11.7 Å². The van der Waals surface area contributed by atoms with Gasteiger partial charge in [-0.3, -0.25) is 14.4 Å². The van der Waals surface area contributed by atoms with Gasteiger partial charge in [-0.25, -0.2) is 4.79 Å². The third-order valence-corrected chi connectivity index (χ3v) is 6.16. The van der Waals surface area contributed by atoms with Gasteiger partial charge in [0.25, 0.3) is 17.6 Å². The summed E-state index contributed by atoms with van der Waals surface area (Å²) < 4.78 is 11.2. The summed E-state index contributed by atoms with van der Waals surface area (Å²) in [6.45, 7) is 5.24. The lowest BCUT2D eigenvalue weighted by molar-refractivity contribution is -0.146. The van der Waals surface area contributed by atoms with Crippen molar-refractivity contribution in [2.45, 2.75) is 39.7 Å². The molecule has 1 aromatic carbocycles. The molecule has 162 valence electrons. The molecular weight excluding hydrogens is 408 g/mol. The highest BCUT2D eigenvalue weighted by atomic mass is 32.1. The number of primary amides is 1. The Morgan fingerprint density at radius 3 is 2.47 bits per heavy atom. The zero-order valence-electron chi connectivity index (χ0n) is 17.4. The second-order valence-electron chi connectivity index (χ2n) is 6.82. The second kappa shape index (κ2) is 10.2. The first-order valence-electron chi connectivity index (χ1n) is 9.63. The molecule has 0 aliphatic carbocycles. The molecule has 0 bridgehead atoms. The largest absolute Gasteiger partial charge is 0.483 e. The maximum atomic E-state index is 12.4. The number of thiophene rings is 1. The monoisotopic (exact) mass is 434 g/mol. The first-order valence-corrected chi connectivity index (χ1v) is 10.4. The molecule has 0 saturated carbocycles. The number of ether oxygens (including phenoxy) is 2. The van der Waals surface area contributed by atoms with Gasteiger partial charge in [0.05, 0.1) is 12.7 Å². The highest BCUT2D eigenvalue weighted by Gasteiger charge is 2.28. The summed E-state index contributed by atoms with van der Waals surface area (Å²) >= 11 is 1.37. The number of aryl methyl sites for hydroxylation is 1. The van der Waals surface area contributed by atoms with Crippen molar-refractivity contribution in [1.29, 1.82) is 0 Å². The van der Waals surface area contributed by atoms with Gasteiger partial charge in [-0.1, -0.05) is 33.3 Å². The van der Waals surface area contributed by atoms with Crippen molar-refractivity contribution in [2.75, 3.05) is 13.7 Å². The molecule has 0 aliphatic heterocycles. The number of fused-ring (bicyclic) bond motifs is 1. The smallest absolute Gasteiger partial charge is 0.328 e. The van der Waals surface area contributed by atoms with Crippen molar-refractivity contribution < 1.29 is 28.7 Å². The summed E-state index contributed by atoms with van der Waals surface area (Å²) in [4.78, 5) is 49.0. The molecule has 3 N–H and O–H groups in total. The number of Topliss-reactive ketones (excluding diaryl/α,β-unsaturated/α-hetero) is 1. The van der Waals surface area contributed by atoms with Crippen LogP contribution in [-0.2, 0) is 25.5 Å². The molecule has 0 aliphatic rings. The molecule has 0 spiro atoms. The molecule has 30 heavy (non-hydrogen) atoms. The van der Waals surface area contributed by atoms with E-state index in [1.165, 1.54) is 18.4 Å². The SMILES string of the molecule is CCc1sc2cccc(OCC(=O)N[C@@H](C(=O)OC)[C@@H](C)CC)c2c1C(=O)C(N)=O. The molecule has 2 aromatic rings. The topological polar surface area (TPSA) is 125 Å². The number of hydrogen-bond donors (Lipinski definition) is 2. The highest BCUT2D eigenvalue weighted by molar-refractivity contribution is 7.19. The summed E-state index contributed by atoms with van der Waals surface area (Å²) in [5, 5.41) is 3.09. The fourth-order valence-electron chi connectivity index (χ4n) is 3.05. The number of hydrogen-bond acceptors (Lipinski definition) is 7. The Hall–Kier alpha value is -2.94. The molecule has 2 atom stereocenters. The number of amides is 2. The number of carbonyl (C=O) groups excluding carboxylic acids is 4. The van der Waals surface area contributed by atoms with Gasteiger partial charge >= 0.3 is 5.97 Å². The summed E-state index contributed by atoms with van der Waals surface area (Å²) in [5.41, 5.74) is 5.44. The van der Waals surface area contributed by atoms with Crippen molar-refractivity contribution in [3.8, 4) is 5.75 Å². The first-order chi connectivity index (χ1) is 14.2. The number of ketones is 1. The van der Waals surface area contributed by atoms with Gasteiger partial charge in [-0.2, -0.15) is 0 Å². The zero-order chi connectivity index (χ0) is 22.4. The Morgan fingerprint density at radius 1 is 1.20 bits per heavy atom. The molecule has 0 radical (unpaired) electrons. The van der Waals surface area contributed by atoms with Crippen LogP contribution in [0.1, 0.15) is 42.4 Å². The number of nitrogens with two attached hydrogens (primary N) is 1. The first kappa shape index (κ1) is 23.3. The molecule has 1 aromatic heterocycles. The molecule has 1 heterocycles. The van der Waals surface area contributed by atoms with Gasteiger partial charge in [-0.15, -0.1) is 11.3 Å². The molecular formula is C21H26N2O6S. The minimum atomic E-state index is -1.05. The van der Waals surface area contributed by atoms with Crippen LogP contribution in [0.5, 0.6) is 5.75 Å². The number of carbonyl (C=O) groups is 4. The lowest BCUT2D eigenvalue weighted by Gasteiger charge is -2.21. The van der Waals surface area contributed by atoms with E-state index in [0.29, 0.717) is 24.0 Å². The van der Waals surface area contributed by atoms with Crippen LogP contribution in [0.25, 0.3) is 10.1 Å². The second-order valence-corrected chi connectivity index (χ2v) is 7.96. The minimum Gasteiger partial charge on any atom is -0.483 e. The predicted molar refractivity (Wildman–Crippen MR) is 114 cm³/mol. The van der Waals surface area contributed by atoms with E-state index in [-0.39, 0.29) is 18.1 Å². The van der Waals surface area contributed by atoms with Gasteiger partial charge in [0.15, 0.2) is 6.61 Å². The summed E-state index contributed by atoms with van der Waals surface area (Å²) in [6.07, 6.45) is 1.22. The zero-order valence-corrected chi connectivity index (χ0v) is 18.3. The average Bonchev–Trinajstić information content (AvgIpc) is 3.13. The Morgan fingerprint density at radius 2 is 1.90 bits per heavy atom. The summed E-state index contributed by atoms with van der Waals surface area (Å²) in [6, 6.07) is 4.37. The number of benzene rings is 1. The van der Waals surface area contributed by atoms with Crippen LogP contribution in [-0.4, -0.2) is 43.3 Å². The fourth-order valence-corrected chi connectivity index (χ4v) is 4.21. The highest BCUT2D eigenvalue weighted by Crippen LogP contribution is 2.38. The lowest BCUT2D eigenvalue weighted by Crippen LogP contribution is -2.47. The van der Waals surface area contributed by atoms with Crippen LogP contribution in [0.3, 0.4) is 0 Å². The predicted octanol–water partition coefficient (Wildman–Crippen LogP) is 2.21. The Balaban J connectivity index is 2.28. The van der Waals surface area contributed by atoms with Crippen molar-refractivity contribution in [3.05, 3.63) is 28.6 Å². The van der Waals surface area contributed by atoms with E-state index in [4.69, 9.17) is 15.2 Å². The van der Waals surface area contributed by atoms with Gasteiger partial charge in [0.1, 0.15) is 11.8 Å². The van der Waals surface area contributed by atoms with E-state index in [1.807, 2.05) is 20.8 Å². The maximum absolute atomic E-state index is 12.4. The number of esters is 1. The van der Waals surface area contributed by atoms with E-state index >= 15 is 0 Å². The van der Waals surface area contributed by atoms with Crippen LogP contribution in [0.2, 0.25) is 0 Å². The van der Waals surface area contributed by atoms with E-state index in [0.717, 1.165) is 9.58 Å². The average molecular weight is 435 g/mol. The number of rotatable bonds is 10. The van der Waals surface area contributed by atoms with Gasteiger partial charge < -0.3 is 20.5 Å². The molecule has 2 amide bonds. The van der Waals surface area contributed by atoms with Crippen LogP contribution in [0.4, 0.5) is 0 Å². The maximum Gasteiger partial charge on any atom is 0.328 e. The molecule has 0 saturated heterocycles. The standard InChI is InChI=1S/C21H26N2O6S/c1-5-11(3)18(21(27)28-4)23-15(24)10-29-12-8-7-9-14-16(12)17(13(6-2)30-14)19(25)20(22)26/h7-9,11,18H,5-6,10H2,1-4H3,(H2,22,26)(H,23,24)/t11-,18+/m0/s1. The Kier molecular flexibility index (Phi) is 7.93. The van der Waals surface area contributed by atoms with Crippen molar-refractivity contribution >= 4 is 45.0 Å². The van der Waals surface area contributed by atoms with Crippen LogP contribution in [0.15, 0.2) is 18.2 Å². The van der Waals surface area contributed by atoms with Gasteiger partial charge in [0.2, 0.25) is 0 Å². The minimum absolute atomic E-state index is 0.117. The van der Waals surface area contributed by atoms with E-state index < -0.39 is 29.6 Å². The number of methoxy groups -OCH3 is 1. The van der Waals surface area contributed by atoms with Gasteiger partial charge in [-0.05, 0) is 24.5 Å². The van der Waals surface area contributed by atoms with Crippen molar-refractivity contribution in [3.63, 3.8) is 0 Å². The third-order valence-electron chi connectivity index (χ3n) is 4.87. The van der Waals surface area contributed by atoms with Gasteiger partial charge in [0, 0.05) is 15.0 Å². The Labute approximate surface area is 178 Å².